The molecule has 3 aromatic rings. The minimum absolute atomic E-state index is 0.0384. The molecule has 0 bridgehead atoms. The smallest absolute Gasteiger partial charge is 0.243 e. The van der Waals surface area contributed by atoms with E-state index in [4.69, 9.17) is 13.9 Å². The lowest BCUT2D eigenvalue weighted by molar-refractivity contribution is -0.116. The number of ether oxygens (including phenoxy) is 2. The molecule has 1 aliphatic rings. The van der Waals surface area contributed by atoms with Gasteiger partial charge in [0.2, 0.25) is 5.91 Å². The molecule has 2 aromatic carbocycles. The van der Waals surface area contributed by atoms with Crippen LogP contribution in [0.3, 0.4) is 0 Å². The highest BCUT2D eigenvalue weighted by atomic mass is 16.5. The largest absolute Gasteiger partial charge is 0.497 e. The summed E-state index contributed by atoms with van der Waals surface area (Å²) in [5, 5.41) is 3.00. The Hall–Kier alpha value is -3.47. The molecule has 5 heteroatoms. The molecule has 0 saturated heterocycles. The van der Waals surface area contributed by atoms with Gasteiger partial charge in [0.1, 0.15) is 11.5 Å². The van der Waals surface area contributed by atoms with Crippen LogP contribution < -0.4 is 14.8 Å². The van der Waals surface area contributed by atoms with Gasteiger partial charge in [-0.3, -0.25) is 4.79 Å². The summed E-state index contributed by atoms with van der Waals surface area (Å²) in [5.74, 6) is 1.89. The monoisotopic (exact) mass is 445 g/mol. The highest BCUT2D eigenvalue weighted by Gasteiger charge is 2.55. The number of amides is 1. The van der Waals surface area contributed by atoms with Crippen LogP contribution in [0.4, 0.5) is 0 Å². The van der Waals surface area contributed by atoms with E-state index >= 15 is 0 Å². The summed E-state index contributed by atoms with van der Waals surface area (Å²) >= 11 is 0. The molecule has 0 unspecified atom stereocenters. The van der Waals surface area contributed by atoms with E-state index < -0.39 is 0 Å². The molecule has 1 saturated carbocycles. The second-order valence-corrected chi connectivity index (χ2v) is 8.48. The van der Waals surface area contributed by atoms with Crippen molar-refractivity contribution in [3.63, 3.8) is 0 Å². The molecule has 172 valence electrons. The normalized spacial score (nSPS) is 16.5. The maximum Gasteiger partial charge on any atom is 0.243 e. The zero-order valence-electron chi connectivity index (χ0n) is 19.3. The summed E-state index contributed by atoms with van der Waals surface area (Å²) in [6.07, 6.45) is 11.1. The lowest BCUT2D eigenvalue weighted by Gasteiger charge is -2.19. The van der Waals surface area contributed by atoms with E-state index in [9.17, 15) is 4.79 Å². The summed E-state index contributed by atoms with van der Waals surface area (Å²) in [4.78, 5) is 12.4. The molecule has 1 aliphatic carbocycles. The van der Waals surface area contributed by atoms with E-state index in [1.165, 1.54) is 16.7 Å². The number of benzene rings is 2. The highest BCUT2D eigenvalue weighted by molar-refractivity contribution is 5.87. The van der Waals surface area contributed by atoms with E-state index in [0.717, 1.165) is 37.2 Å². The Kier molecular flexibility index (Phi) is 7.18. The Morgan fingerprint density at radius 2 is 1.64 bits per heavy atom. The number of methoxy groups -OCH3 is 2. The Morgan fingerprint density at radius 1 is 1.00 bits per heavy atom. The second kappa shape index (κ2) is 10.4. The number of carbonyl (C=O) groups is 1. The molecule has 5 nitrogen and oxygen atoms in total. The Labute approximate surface area is 195 Å². The van der Waals surface area contributed by atoms with Gasteiger partial charge < -0.3 is 19.2 Å². The minimum Gasteiger partial charge on any atom is -0.497 e. The summed E-state index contributed by atoms with van der Waals surface area (Å²) in [7, 11) is 3.35. The number of allylic oxidation sites excluding steroid dienone is 1. The first-order valence-electron chi connectivity index (χ1n) is 11.4. The number of aryl methyl sites for hydroxylation is 1. The first-order valence-corrected chi connectivity index (χ1v) is 11.4. The van der Waals surface area contributed by atoms with Crippen molar-refractivity contribution < 1.29 is 18.7 Å². The molecule has 0 spiro atoms. The average molecular weight is 446 g/mol. The van der Waals surface area contributed by atoms with Gasteiger partial charge in [0.25, 0.3) is 0 Å². The van der Waals surface area contributed by atoms with Crippen LogP contribution in [0.2, 0.25) is 0 Å². The van der Waals surface area contributed by atoms with Gasteiger partial charge in [-0.1, -0.05) is 30.3 Å². The van der Waals surface area contributed by atoms with Crippen molar-refractivity contribution in [2.75, 3.05) is 20.8 Å². The maximum absolute atomic E-state index is 12.4. The van der Waals surface area contributed by atoms with Gasteiger partial charge >= 0.3 is 0 Å². The molecule has 1 atom stereocenters. The Morgan fingerprint density at radius 3 is 2.18 bits per heavy atom. The zero-order valence-corrected chi connectivity index (χ0v) is 19.3. The Balaban J connectivity index is 1.38. The third-order valence-electron chi connectivity index (χ3n) is 6.48. The third-order valence-corrected chi connectivity index (χ3v) is 6.48. The van der Waals surface area contributed by atoms with Gasteiger partial charge in [-0.2, -0.15) is 0 Å². The van der Waals surface area contributed by atoms with Crippen molar-refractivity contribution >= 4 is 5.91 Å². The molecule has 1 N–H and O–H groups in total. The number of nitrogens with one attached hydrogen (secondary N) is 1. The first-order chi connectivity index (χ1) is 16.2. The fraction of sp³-hybridized carbons (Fsp3) is 0.321. The standard InChI is InChI=1S/C28H31NO4/c1-31-25-11-6-22(7-12-25)28(23-8-13-26(32-2)14-9-23)19-24(28)10-15-27(30)29-17-4-3-5-21-16-18-33-20-21/h6-16,18,20,24H,3-5,17,19H2,1-2H3,(H,29,30)/t24-/m1/s1. The molecule has 1 aromatic heterocycles. The zero-order chi connectivity index (χ0) is 23.1. The summed E-state index contributed by atoms with van der Waals surface area (Å²) in [5.41, 5.74) is 3.51. The molecular weight excluding hydrogens is 414 g/mol. The van der Waals surface area contributed by atoms with Gasteiger partial charge in [0.05, 0.1) is 26.7 Å². The van der Waals surface area contributed by atoms with Crippen LogP contribution >= 0.6 is 0 Å². The molecule has 4 rings (SSSR count). The van der Waals surface area contributed by atoms with Crippen molar-refractivity contribution in [2.45, 2.75) is 31.1 Å². The topological polar surface area (TPSA) is 60.7 Å². The summed E-state index contributed by atoms with van der Waals surface area (Å²) in [6, 6.07) is 18.5. The van der Waals surface area contributed by atoms with Gasteiger partial charge in [0.15, 0.2) is 0 Å². The predicted octanol–water partition coefficient (Wildman–Crippen LogP) is 5.30. The van der Waals surface area contributed by atoms with Crippen LogP contribution in [0.15, 0.2) is 83.7 Å². The van der Waals surface area contributed by atoms with Crippen LogP contribution in [0.5, 0.6) is 11.5 Å². The SMILES string of the molecule is COc1ccc(C2(c3ccc(OC)cc3)C[C@H]2C=CC(=O)NCCCCc2ccoc2)cc1. The fourth-order valence-electron chi connectivity index (χ4n) is 4.49. The van der Waals surface area contributed by atoms with Crippen molar-refractivity contribution in [3.8, 4) is 11.5 Å². The van der Waals surface area contributed by atoms with Crippen molar-refractivity contribution in [3.05, 3.63) is 96.0 Å². The number of furan rings is 1. The van der Waals surface area contributed by atoms with E-state index in [-0.39, 0.29) is 17.2 Å². The van der Waals surface area contributed by atoms with E-state index in [0.29, 0.717) is 6.54 Å². The van der Waals surface area contributed by atoms with Gasteiger partial charge in [-0.15, -0.1) is 0 Å². The van der Waals surface area contributed by atoms with Gasteiger partial charge in [-0.25, -0.2) is 0 Å². The molecule has 1 fully saturated rings. The lowest BCUT2D eigenvalue weighted by Crippen LogP contribution is -2.22. The first kappa shape index (κ1) is 22.7. The van der Waals surface area contributed by atoms with Gasteiger partial charge in [0, 0.05) is 12.0 Å². The van der Waals surface area contributed by atoms with E-state index in [2.05, 4.69) is 35.7 Å². The molecule has 0 radical (unpaired) electrons. The van der Waals surface area contributed by atoms with Crippen LogP contribution in [-0.4, -0.2) is 26.7 Å². The number of hydrogen-bond acceptors (Lipinski definition) is 4. The summed E-state index contributed by atoms with van der Waals surface area (Å²) < 4.78 is 15.7. The van der Waals surface area contributed by atoms with Gasteiger partial charge in [-0.05, 0) is 84.7 Å². The Bertz CT molecular complexity index is 1000. The van der Waals surface area contributed by atoms with Crippen LogP contribution in [0.1, 0.15) is 36.0 Å². The summed E-state index contributed by atoms with van der Waals surface area (Å²) in [6.45, 7) is 0.674. The molecular formula is C28H31NO4. The number of carbonyl (C=O) groups excluding carboxylic acids is 1. The molecule has 33 heavy (non-hydrogen) atoms. The lowest BCUT2D eigenvalue weighted by atomic mass is 9.85. The van der Waals surface area contributed by atoms with Crippen molar-refractivity contribution in [1.29, 1.82) is 0 Å². The van der Waals surface area contributed by atoms with Crippen molar-refractivity contribution in [1.82, 2.24) is 5.32 Å². The second-order valence-electron chi connectivity index (χ2n) is 8.48. The predicted molar refractivity (Wildman–Crippen MR) is 129 cm³/mol. The average Bonchev–Trinajstić information content (AvgIpc) is 3.36. The van der Waals surface area contributed by atoms with E-state index in [1.54, 1.807) is 32.8 Å². The molecule has 1 amide bonds. The fourth-order valence-corrected chi connectivity index (χ4v) is 4.49. The quantitative estimate of drug-likeness (QED) is 0.321. The highest BCUT2D eigenvalue weighted by Crippen LogP contribution is 2.59. The maximum atomic E-state index is 12.4. The molecule has 0 aliphatic heterocycles. The van der Waals surface area contributed by atoms with Crippen molar-refractivity contribution in [2.24, 2.45) is 5.92 Å². The third kappa shape index (κ3) is 5.30. The number of rotatable bonds is 11. The number of unbranched alkanes of at least 4 members (excludes halogenated alkanes) is 1. The molecule has 1 heterocycles. The van der Waals surface area contributed by atoms with E-state index in [1.807, 2.05) is 30.3 Å². The van der Waals surface area contributed by atoms with Crippen LogP contribution in [0.25, 0.3) is 0 Å². The van der Waals surface area contributed by atoms with Crippen LogP contribution in [-0.2, 0) is 16.6 Å². The van der Waals surface area contributed by atoms with Crippen LogP contribution in [0, 0.1) is 5.92 Å². The number of hydrogen-bond donors (Lipinski definition) is 1. The minimum atomic E-state index is -0.139.